The first-order valence-electron chi connectivity index (χ1n) is 5.13. The average Bonchev–Trinajstić information content (AvgIpc) is 2.34. The van der Waals surface area contributed by atoms with E-state index < -0.39 is 0 Å². The van der Waals surface area contributed by atoms with Crippen LogP contribution in [-0.2, 0) is 0 Å². The Morgan fingerprint density at radius 1 is 0.647 bits per heavy atom. The lowest BCUT2D eigenvalue weighted by atomic mass is 10.0. The molecule has 0 amide bonds. The van der Waals surface area contributed by atoms with Crippen molar-refractivity contribution in [2.75, 3.05) is 0 Å². The maximum absolute atomic E-state index is 3.63. The molecule has 3 heteroatoms. The van der Waals surface area contributed by atoms with Gasteiger partial charge in [-0.1, -0.05) is 40.2 Å². The number of hydrogen-bond acceptors (Lipinski definition) is 0. The van der Waals surface area contributed by atoms with E-state index in [9.17, 15) is 0 Å². The zero-order chi connectivity index (χ0) is 12.0. The molecule has 0 spiro atoms. The van der Waals surface area contributed by atoms with Gasteiger partial charge in [0.1, 0.15) is 0 Å². The highest BCUT2D eigenvalue weighted by atomic mass is 79.9. The summed E-state index contributed by atoms with van der Waals surface area (Å²) in [4.78, 5) is 0. The largest absolute Gasteiger partial charge is 0.0616 e. The highest BCUT2D eigenvalue weighted by Crippen LogP contribution is 2.38. The van der Waals surface area contributed by atoms with Gasteiger partial charge in [-0.2, -0.15) is 0 Å². The summed E-state index contributed by atoms with van der Waals surface area (Å²) in [6.45, 7) is 0. The summed E-state index contributed by atoms with van der Waals surface area (Å²) in [5.41, 5.74) is 0. The monoisotopic (exact) mass is 412 g/mol. The van der Waals surface area contributed by atoms with Gasteiger partial charge in [0.15, 0.2) is 0 Å². The molecule has 0 aliphatic rings. The first-order valence-corrected chi connectivity index (χ1v) is 7.51. The SMILES string of the molecule is Brc1cc(Br)c2cc3ccccc3cc2c1Br. The molecule has 84 valence electrons. The van der Waals surface area contributed by atoms with Crippen molar-refractivity contribution in [1.29, 1.82) is 0 Å². The second-order valence-corrected chi connectivity index (χ2v) is 6.40. The van der Waals surface area contributed by atoms with Crippen molar-refractivity contribution < 1.29 is 0 Å². The smallest absolute Gasteiger partial charge is 0.0396 e. The molecule has 0 fully saturated rings. The average molecular weight is 415 g/mol. The van der Waals surface area contributed by atoms with Crippen molar-refractivity contribution in [2.24, 2.45) is 0 Å². The van der Waals surface area contributed by atoms with Gasteiger partial charge in [-0.05, 0) is 71.6 Å². The maximum atomic E-state index is 3.63. The van der Waals surface area contributed by atoms with Crippen molar-refractivity contribution in [1.82, 2.24) is 0 Å². The van der Waals surface area contributed by atoms with Crippen LogP contribution in [0, 0.1) is 0 Å². The van der Waals surface area contributed by atoms with Crippen LogP contribution >= 0.6 is 47.8 Å². The zero-order valence-corrected chi connectivity index (χ0v) is 13.4. The molecule has 3 aromatic rings. The third-order valence-corrected chi connectivity index (χ3v) is 5.51. The molecule has 0 aliphatic heterocycles. The number of fused-ring (bicyclic) bond motifs is 2. The Morgan fingerprint density at radius 3 is 1.88 bits per heavy atom. The van der Waals surface area contributed by atoms with Gasteiger partial charge in [-0.25, -0.2) is 0 Å². The van der Waals surface area contributed by atoms with Crippen LogP contribution in [-0.4, -0.2) is 0 Å². The Hall–Kier alpha value is -0.380. The van der Waals surface area contributed by atoms with Gasteiger partial charge in [0.05, 0.1) is 0 Å². The second kappa shape index (κ2) is 4.38. The fourth-order valence-corrected chi connectivity index (χ4v) is 3.75. The molecule has 3 aromatic carbocycles. The zero-order valence-electron chi connectivity index (χ0n) is 8.68. The summed E-state index contributed by atoms with van der Waals surface area (Å²) in [5, 5.41) is 4.95. The molecular formula is C14H7Br3. The lowest BCUT2D eigenvalue weighted by Gasteiger charge is -2.08. The van der Waals surface area contributed by atoms with Crippen molar-refractivity contribution in [3.8, 4) is 0 Å². The standard InChI is InChI=1S/C14H7Br3/c15-12-7-13(16)14(17)11-6-9-4-2-1-3-8(9)5-10(11)12/h1-7H. The molecule has 0 saturated carbocycles. The van der Waals surface area contributed by atoms with Crippen molar-refractivity contribution in [3.63, 3.8) is 0 Å². The van der Waals surface area contributed by atoms with Gasteiger partial charge >= 0.3 is 0 Å². The molecule has 0 atom stereocenters. The predicted molar refractivity (Wildman–Crippen MR) is 84.6 cm³/mol. The minimum Gasteiger partial charge on any atom is -0.0616 e. The third-order valence-electron chi connectivity index (χ3n) is 2.84. The lowest BCUT2D eigenvalue weighted by molar-refractivity contribution is 1.63. The van der Waals surface area contributed by atoms with Gasteiger partial charge in [-0.3, -0.25) is 0 Å². The highest BCUT2D eigenvalue weighted by molar-refractivity contribution is 9.13. The summed E-state index contributed by atoms with van der Waals surface area (Å²) in [5.74, 6) is 0. The molecule has 0 saturated heterocycles. The van der Waals surface area contributed by atoms with E-state index in [4.69, 9.17) is 0 Å². The Labute approximate surface area is 124 Å². The van der Waals surface area contributed by atoms with E-state index in [2.05, 4.69) is 90.3 Å². The number of rotatable bonds is 0. The van der Waals surface area contributed by atoms with E-state index >= 15 is 0 Å². The molecule has 0 nitrogen and oxygen atoms in total. The first kappa shape index (κ1) is 11.7. The van der Waals surface area contributed by atoms with Crippen molar-refractivity contribution in [3.05, 3.63) is 55.9 Å². The van der Waals surface area contributed by atoms with Gasteiger partial charge < -0.3 is 0 Å². The Balaban J connectivity index is 2.56. The second-order valence-electron chi connectivity index (χ2n) is 3.90. The minimum absolute atomic E-state index is 1.06. The van der Waals surface area contributed by atoms with Crippen LogP contribution in [0.4, 0.5) is 0 Å². The summed E-state index contributed by atoms with van der Waals surface area (Å²) in [6.07, 6.45) is 0. The van der Waals surface area contributed by atoms with Crippen LogP contribution in [0.5, 0.6) is 0 Å². The molecule has 0 aromatic heterocycles. The van der Waals surface area contributed by atoms with E-state index in [1.54, 1.807) is 0 Å². The van der Waals surface area contributed by atoms with Crippen molar-refractivity contribution in [2.45, 2.75) is 0 Å². The number of benzene rings is 3. The van der Waals surface area contributed by atoms with Crippen LogP contribution in [0.2, 0.25) is 0 Å². The molecule has 0 aliphatic carbocycles. The van der Waals surface area contributed by atoms with Crippen molar-refractivity contribution >= 4 is 69.3 Å². The molecular weight excluding hydrogens is 408 g/mol. The van der Waals surface area contributed by atoms with Gasteiger partial charge in [0, 0.05) is 13.4 Å². The first-order chi connectivity index (χ1) is 8.16. The topological polar surface area (TPSA) is 0 Å². The molecule has 17 heavy (non-hydrogen) atoms. The molecule has 0 heterocycles. The van der Waals surface area contributed by atoms with Crippen LogP contribution < -0.4 is 0 Å². The van der Waals surface area contributed by atoms with Crippen LogP contribution in [0.3, 0.4) is 0 Å². The molecule has 0 unspecified atom stereocenters. The highest BCUT2D eigenvalue weighted by Gasteiger charge is 2.08. The van der Waals surface area contributed by atoms with Gasteiger partial charge in [-0.15, -0.1) is 0 Å². The predicted octanol–water partition coefficient (Wildman–Crippen LogP) is 6.28. The molecule has 0 bridgehead atoms. The van der Waals surface area contributed by atoms with E-state index in [0.29, 0.717) is 0 Å². The van der Waals surface area contributed by atoms with Crippen LogP contribution in [0.15, 0.2) is 55.9 Å². The van der Waals surface area contributed by atoms with E-state index in [0.717, 1.165) is 13.4 Å². The summed E-state index contributed by atoms with van der Waals surface area (Å²) < 4.78 is 3.27. The van der Waals surface area contributed by atoms with Gasteiger partial charge in [0.2, 0.25) is 0 Å². The molecule has 3 rings (SSSR count). The van der Waals surface area contributed by atoms with Crippen LogP contribution in [0.25, 0.3) is 21.5 Å². The fraction of sp³-hybridized carbons (Fsp3) is 0. The van der Waals surface area contributed by atoms with E-state index in [1.165, 1.54) is 21.5 Å². The maximum Gasteiger partial charge on any atom is 0.0396 e. The fourth-order valence-electron chi connectivity index (χ4n) is 2.00. The molecule has 0 N–H and O–H groups in total. The quantitative estimate of drug-likeness (QED) is 0.300. The third kappa shape index (κ3) is 1.94. The van der Waals surface area contributed by atoms with Crippen LogP contribution in [0.1, 0.15) is 0 Å². The minimum atomic E-state index is 1.06. The lowest BCUT2D eigenvalue weighted by Crippen LogP contribution is -1.81. The summed E-state index contributed by atoms with van der Waals surface area (Å²) in [7, 11) is 0. The Kier molecular flexibility index (Phi) is 3.01. The number of halogens is 3. The van der Waals surface area contributed by atoms with E-state index in [-0.39, 0.29) is 0 Å². The summed E-state index contributed by atoms with van der Waals surface area (Å²) >= 11 is 10.8. The Bertz CT molecular complexity index is 732. The van der Waals surface area contributed by atoms with E-state index in [1.807, 2.05) is 0 Å². The normalized spacial score (nSPS) is 11.2. The van der Waals surface area contributed by atoms with Gasteiger partial charge in [0.25, 0.3) is 0 Å². The molecule has 0 radical (unpaired) electrons. The number of hydrogen-bond donors (Lipinski definition) is 0. The summed E-state index contributed by atoms with van der Waals surface area (Å²) in [6, 6.07) is 14.9. The Morgan fingerprint density at radius 2 is 1.24 bits per heavy atom.